The van der Waals surface area contributed by atoms with Crippen molar-refractivity contribution in [3.63, 3.8) is 0 Å². The number of amides is 2. The van der Waals surface area contributed by atoms with Gasteiger partial charge in [0.05, 0.1) is 12.8 Å². The maximum absolute atomic E-state index is 14.2. The van der Waals surface area contributed by atoms with Crippen LogP contribution in [0.25, 0.3) is 0 Å². The fourth-order valence-electron chi connectivity index (χ4n) is 5.55. The third kappa shape index (κ3) is 5.78. The van der Waals surface area contributed by atoms with Crippen molar-refractivity contribution in [2.75, 3.05) is 56.7 Å². The lowest BCUT2D eigenvalue weighted by Gasteiger charge is -2.35. The number of piperazine rings is 1. The number of hydrogen-bond acceptors (Lipinski definition) is 7. The lowest BCUT2D eigenvalue weighted by molar-refractivity contribution is -0.118. The number of methoxy groups -OCH3 is 1. The predicted octanol–water partition coefficient (Wildman–Crippen LogP) is 1.95. The highest BCUT2D eigenvalue weighted by atomic mass is 31.0. The first-order valence-electron chi connectivity index (χ1n) is 13.5. The van der Waals surface area contributed by atoms with Crippen LogP contribution in [0, 0.1) is 18.3 Å². The molecule has 41 heavy (non-hydrogen) atoms. The van der Waals surface area contributed by atoms with E-state index >= 15 is 0 Å². The van der Waals surface area contributed by atoms with Gasteiger partial charge in [0, 0.05) is 50.4 Å². The highest BCUT2D eigenvalue weighted by Gasteiger charge is 2.45. The number of benzene rings is 2. The van der Waals surface area contributed by atoms with Crippen molar-refractivity contribution in [2.45, 2.75) is 18.9 Å². The Morgan fingerprint density at radius 3 is 2.37 bits per heavy atom. The van der Waals surface area contributed by atoms with Crippen LogP contribution in [0.4, 0.5) is 11.5 Å². The number of rotatable bonds is 6. The Kier molecular flexibility index (Phi) is 8.56. The zero-order chi connectivity index (χ0) is 29.3. The van der Waals surface area contributed by atoms with Crippen molar-refractivity contribution in [1.29, 1.82) is 5.26 Å². The quantitative estimate of drug-likeness (QED) is 0.440. The van der Waals surface area contributed by atoms with Gasteiger partial charge in [0.15, 0.2) is 5.82 Å². The number of nitriles is 1. The van der Waals surface area contributed by atoms with E-state index in [0.717, 1.165) is 53.6 Å². The minimum atomic E-state index is -0.864. The molecule has 2 amide bonds. The molecule has 11 heteroatoms. The topological polar surface area (TPSA) is 102 Å². The molecule has 0 aliphatic carbocycles. The van der Waals surface area contributed by atoms with E-state index in [2.05, 4.69) is 51.7 Å². The summed E-state index contributed by atoms with van der Waals surface area (Å²) in [4.78, 5) is 38.0. The van der Waals surface area contributed by atoms with E-state index < -0.39 is 12.0 Å². The van der Waals surface area contributed by atoms with Crippen LogP contribution >= 0.6 is 18.5 Å². The number of pyridine rings is 1. The number of likely N-dealkylation sites (N-methyl/N-ethyl adjacent to an activating group) is 1. The van der Waals surface area contributed by atoms with Gasteiger partial charge in [0.2, 0.25) is 0 Å². The molecule has 2 fully saturated rings. The highest BCUT2D eigenvalue weighted by molar-refractivity contribution is 7.29. The third-order valence-electron chi connectivity index (χ3n) is 7.86. The van der Waals surface area contributed by atoms with Crippen LogP contribution in [0.1, 0.15) is 33.0 Å². The molecule has 5 rings (SSSR count). The fraction of sp³-hybridized carbons (Fsp3) is 0.333. The van der Waals surface area contributed by atoms with E-state index in [0.29, 0.717) is 22.7 Å². The molecule has 1 aromatic heterocycles. The predicted molar refractivity (Wildman–Crippen MR) is 168 cm³/mol. The van der Waals surface area contributed by atoms with Gasteiger partial charge in [-0.2, -0.15) is 5.26 Å². The van der Waals surface area contributed by atoms with Crippen molar-refractivity contribution in [3.05, 3.63) is 70.9 Å². The molecule has 0 radical (unpaired) electrons. The van der Waals surface area contributed by atoms with E-state index in [4.69, 9.17) is 4.74 Å². The van der Waals surface area contributed by atoms with Crippen molar-refractivity contribution in [2.24, 2.45) is 0 Å². The van der Waals surface area contributed by atoms with Gasteiger partial charge in [-0.05, 0) is 60.5 Å². The molecular formula is C30H34N6O3P2. The van der Waals surface area contributed by atoms with Gasteiger partial charge in [-0.15, -0.1) is 18.5 Å². The molecule has 2 aliphatic rings. The van der Waals surface area contributed by atoms with Crippen molar-refractivity contribution in [1.82, 2.24) is 15.2 Å². The summed E-state index contributed by atoms with van der Waals surface area (Å²) in [6.45, 7) is 5.52. The maximum Gasteiger partial charge on any atom is 0.251 e. The van der Waals surface area contributed by atoms with Crippen LogP contribution in [0.15, 0.2) is 48.7 Å². The lowest BCUT2D eigenvalue weighted by atomic mass is 9.93. The van der Waals surface area contributed by atoms with Crippen molar-refractivity contribution < 1.29 is 14.3 Å². The average Bonchev–Trinajstić information content (AvgIpc) is 3.27. The molecule has 2 aromatic carbocycles. The fourth-order valence-corrected chi connectivity index (χ4v) is 6.81. The van der Waals surface area contributed by atoms with Crippen LogP contribution in [-0.4, -0.2) is 74.6 Å². The molecule has 2 saturated heterocycles. The van der Waals surface area contributed by atoms with Gasteiger partial charge < -0.3 is 19.9 Å². The summed E-state index contributed by atoms with van der Waals surface area (Å²) in [7, 11) is 9.15. The summed E-state index contributed by atoms with van der Waals surface area (Å²) in [5.41, 5.74) is 3.54. The number of ether oxygens (including phenoxy) is 1. The molecule has 212 valence electrons. The minimum absolute atomic E-state index is 0.251. The normalized spacial score (nSPS) is 19.3. The van der Waals surface area contributed by atoms with Gasteiger partial charge in [-0.1, -0.05) is 17.7 Å². The molecule has 3 aromatic rings. The average molecular weight is 589 g/mol. The van der Waals surface area contributed by atoms with E-state index in [1.807, 2.05) is 37.3 Å². The molecule has 4 atom stereocenters. The Balaban J connectivity index is 1.55. The SMILES string of the molecule is COc1cc(P)c([C@@H]2CN(c3nccc(N4CCN(C)CC4)c3C#N)C(=O)[C@H]2NC(=O)c2ccc(C)cc2)c(P)c1. The minimum Gasteiger partial charge on any atom is -0.497 e. The largest absolute Gasteiger partial charge is 0.497 e. The van der Waals surface area contributed by atoms with Crippen LogP contribution < -0.4 is 30.5 Å². The summed E-state index contributed by atoms with van der Waals surface area (Å²) in [5, 5.41) is 15.0. The Bertz CT molecular complexity index is 1490. The highest BCUT2D eigenvalue weighted by Crippen LogP contribution is 2.36. The second-order valence-electron chi connectivity index (χ2n) is 10.5. The van der Waals surface area contributed by atoms with Crippen LogP contribution in [-0.2, 0) is 4.79 Å². The molecule has 0 bridgehead atoms. The van der Waals surface area contributed by atoms with Crippen molar-refractivity contribution in [3.8, 4) is 11.8 Å². The van der Waals surface area contributed by atoms with Crippen LogP contribution in [0.2, 0.25) is 0 Å². The summed E-state index contributed by atoms with van der Waals surface area (Å²) >= 11 is 0. The number of aryl methyl sites for hydroxylation is 1. The molecule has 2 aliphatic heterocycles. The van der Waals surface area contributed by atoms with Gasteiger partial charge in [-0.25, -0.2) is 4.98 Å². The standard InChI is InChI=1S/C30H34N6O3P2/c1-18-4-6-19(7-5-18)29(37)33-27-22(26-24(40)14-20(39-3)15-25(26)41)17-36(30(27)38)28-21(16-31)23(8-9-32-28)35-12-10-34(2)11-13-35/h4-9,14-15,22,27H,10-13,17,40-41H2,1-3H3,(H,33,37)/t22-,27-/m0/s1. The molecule has 0 spiro atoms. The zero-order valence-electron chi connectivity index (χ0n) is 23.4. The second kappa shape index (κ2) is 12.1. The Morgan fingerprint density at radius 2 is 1.76 bits per heavy atom. The van der Waals surface area contributed by atoms with Crippen LogP contribution in [0.5, 0.6) is 5.75 Å². The molecule has 0 saturated carbocycles. The van der Waals surface area contributed by atoms with Gasteiger partial charge in [0.25, 0.3) is 11.8 Å². The smallest absolute Gasteiger partial charge is 0.251 e. The summed E-state index contributed by atoms with van der Waals surface area (Å²) in [6.07, 6.45) is 1.65. The molecule has 3 heterocycles. The molecule has 1 N–H and O–H groups in total. The van der Waals surface area contributed by atoms with Gasteiger partial charge >= 0.3 is 0 Å². The Labute approximate surface area is 245 Å². The lowest BCUT2D eigenvalue weighted by Crippen LogP contribution is -2.45. The number of aromatic nitrogens is 1. The first-order valence-corrected chi connectivity index (χ1v) is 14.6. The second-order valence-corrected chi connectivity index (χ2v) is 11.8. The van der Waals surface area contributed by atoms with Gasteiger partial charge in [0.1, 0.15) is 23.4 Å². The molecule has 2 unspecified atom stereocenters. The Morgan fingerprint density at radius 1 is 1.10 bits per heavy atom. The van der Waals surface area contributed by atoms with Crippen LogP contribution in [0.3, 0.4) is 0 Å². The zero-order valence-corrected chi connectivity index (χ0v) is 25.7. The maximum atomic E-state index is 14.2. The summed E-state index contributed by atoms with van der Waals surface area (Å²) < 4.78 is 5.44. The third-order valence-corrected chi connectivity index (χ3v) is 8.81. The number of nitrogens with zero attached hydrogens (tertiary/aromatic N) is 5. The van der Waals surface area contributed by atoms with E-state index in [1.165, 1.54) is 0 Å². The van der Waals surface area contributed by atoms with E-state index in [-0.39, 0.29) is 18.4 Å². The number of nitrogens with one attached hydrogen (secondary N) is 1. The summed E-state index contributed by atoms with van der Waals surface area (Å²) in [5.74, 6) is -0.0318. The summed E-state index contributed by atoms with van der Waals surface area (Å²) in [6, 6.07) is 14.3. The van der Waals surface area contributed by atoms with E-state index in [9.17, 15) is 14.9 Å². The number of carbonyl (C=O) groups excluding carboxylic acids is 2. The number of hydrogen-bond donors (Lipinski definition) is 1. The Hall–Kier alpha value is -3.56. The number of anilines is 2. The molecule has 9 nitrogen and oxygen atoms in total. The first-order chi connectivity index (χ1) is 19.7. The van der Waals surface area contributed by atoms with E-state index in [1.54, 1.807) is 30.3 Å². The molecular weight excluding hydrogens is 554 g/mol. The van der Waals surface area contributed by atoms with Crippen molar-refractivity contribution >= 4 is 52.4 Å². The first kappa shape index (κ1) is 29.0. The van der Waals surface area contributed by atoms with Gasteiger partial charge in [-0.3, -0.25) is 14.5 Å². The monoisotopic (exact) mass is 588 g/mol. The number of carbonyl (C=O) groups is 2.